The Morgan fingerprint density at radius 3 is 2.81 bits per heavy atom. The molecule has 1 aromatic carbocycles. The van der Waals surface area contributed by atoms with Crippen molar-refractivity contribution in [3.05, 3.63) is 23.8 Å². The highest BCUT2D eigenvalue weighted by Gasteiger charge is 2.11. The molecule has 0 amide bonds. The van der Waals surface area contributed by atoms with E-state index in [4.69, 9.17) is 14.2 Å². The van der Waals surface area contributed by atoms with Gasteiger partial charge in [-0.25, -0.2) is 0 Å². The highest BCUT2D eigenvalue weighted by Crippen LogP contribution is 2.27. The van der Waals surface area contributed by atoms with Crippen LogP contribution in [0.15, 0.2) is 18.2 Å². The third-order valence-electron chi connectivity index (χ3n) is 3.83. The zero-order chi connectivity index (χ0) is 14.9. The van der Waals surface area contributed by atoms with E-state index in [1.165, 1.54) is 19.3 Å². The number of piperidine rings is 1. The van der Waals surface area contributed by atoms with E-state index in [1.54, 1.807) is 7.11 Å². The van der Waals surface area contributed by atoms with Crippen LogP contribution < -0.4 is 14.8 Å². The van der Waals surface area contributed by atoms with E-state index in [0.717, 1.165) is 36.6 Å². The molecule has 1 aliphatic heterocycles. The zero-order valence-electron chi connectivity index (χ0n) is 13.2. The summed E-state index contributed by atoms with van der Waals surface area (Å²) in [5.41, 5.74) is 1.16. The molecular weight excluding hydrogens is 266 g/mol. The number of rotatable bonds is 8. The first kappa shape index (κ1) is 16.1. The molecule has 1 unspecified atom stereocenters. The normalized spacial score (nSPS) is 18.5. The molecule has 2 rings (SSSR count). The highest BCUT2D eigenvalue weighted by atomic mass is 16.5. The maximum atomic E-state index is 5.71. The SMILES string of the molecule is COc1cc(C)ccc1OCCOCCC1CCCCN1. The maximum absolute atomic E-state index is 5.71. The Hall–Kier alpha value is -1.26. The molecule has 0 radical (unpaired) electrons. The van der Waals surface area contributed by atoms with Gasteiger partial charge >= 0.3 is 0 Å². The first-order valence-electron chi connectivity index (χ1n) is 7.88. The fraction of sp³-hybridized carbons (Fsp3) is 0.647. The van der Waals surface area contributed by atoms with Gasteiger partial charge < -0.3 is 19.5 Å². The van der Waals surface area contributed by atoms with Gasteiger partial charge in [0.25, 0.3) is 0 Å². The van der Waals surface area contributed by atoms with Crippen LogP contribution >= 0.6 is 0 Å². The van der Waals surface area contributed by atoms with E-state index >= 15 is 0 Å². The summed E-state index contributed by atoms with van der Waals surface area (Å²) in [5, 5.41) is 3.53. The summed E-state index contributed by atoms with van der Waals surface area (Å²) in [6.07, 6.45) is 5.02. The number of methoxy groups -OCH3 is 1. The standard InChI is InChI=1S/C17H27NO3/c1-14-6-7-16(17(13-14)19-2)21-12-11-20-10-8-15-5-3-4-9-18-15/h6-7,13,15,18H,3-5,8-12H2,1-2H3. The van der Waals surface area contributed by atoms with Crippen molar-refractivity contribution in [1.29, 1.82) is 0 Å². The fourth-order valence-corrected chi connectivity index (χ4v) is 2.60. The summed E-state index contributed by atoms with van der Waals surface area (Å²) in [6, 6.07) is 6.58. The number of nitrogens with one attached hydrogen (secondary N) is 1. The van der Waals surface area contributed by atoms with Gasteiger partial charge in [0.1, 0.15) is 6.61 Å². The second-order valence-corrected chi connectivity index (χ2v) is 5.55. The summed E-state index contributed by atoms with van der Waals surface area (Å²) in [5.74, 6) is 1.56. The minimum absolute atomic E-state index is 0.553. The molecule has 1 N–H and O–H groups in total. The Labute approximate surface area is 127 Å². The molecule has 1 fully saturated rings. The predicted octanol–water partition coefficient (Wildman–Crippen LogP) is 2.93. The average molecular weight is 293 g/mol. The van der Waals surface area contributed by atoms with Crippen molar-refractivity contribution in [2.45, 2.75) is 38.6 Å². The fourth-order valence-electron chi connectivity index (χ4n) is 2.60. The monoisotopic (exact) mass is 293 g/mol. The first-order chi connectivity index (χ1) is 10.3. The number of hydrogen-bond donors (Lipinski definition) is 1. The molecule has 1 aliphatic rings. The first-order valence-corrected chi connectivity index (χ1v) is 7.88. The largest absolute Gasteiger partial charge is 0.493 e. The van der Waals surface area contributed by atoms with E-state index in [-0.39, 0.29) is 0 Å². The molecule has 1 atom stereocenters. The third-order valence-corrected chi connectivity index (χ3v) is 3.83. The van der Waals surface area contributed by atoms with Gasteiger partial charge in [0.2, 0.25) is 0 Å². The van der Waals surface area contributed by atoms with Crippen LogP contribution in [0.5, 0.6) is 11.5 Å². The Morgan fingerprint density at radius 1 is 1.14 bits per heavy atom. The average Bonchev–Trinajstić information content (AvgIpc) is 2.52. The van der Waals surface area contributed by atoms with Gasteiger partial charge in [0, 0.05) is 12.6 Å². The van der Waals surface area contributed by atoms with E-state index in [0.29, 0.717) is 19.3 Å². The van der Waals surface area contributed by atoms with Gasteiger partial charge in [-0.1, -0.05) is 12.5 Å². The van der Waals surface area contributed by atoms with Gasteiger partial charge in [0.15, 0.2) is 11.5 Å². The van der Waals surface area contributed by atoms with Crippen LogP contribution in [0.4, 0.5) is 0 Å². The van der Waals surface area contributed by atoms with Crippen LogP contribution in [0.1, 0.15) is 31.2 Å². The molecule has 4 nitrogen and oxygen atoms in total. The van der Waals surface area contributed by atoms with Crippen molar-refractivity contribution in [3.8, 4) is 11.5 Å². The number of ether oxygens (including phenoxy) is 3. The van der Waals surface area contributed by atoms with Crippen LogP contribution in [0.25, 0.3) is 0 Å². The molecule has 0 aliphatic carbocycles. The van der Waals surface area contributed by atoms with Crippen LogP contribution in [-0.2, 0) is 4.74 Å². The quantitative estimate of drug-likeness (QED) is 0.748. The van der Waals surface area contributed by atoms with Crippen LogP contribution in [0, 0.1) is 6.92 Å². The summed E-state index contributed by atoms with van der Waals surface area (Å²) in [7, 11) is 1.66. The molecule has 0 saturated carbocycles. The lowest BCUT2D eigenvalue weighted by atomic mass is 10.0. The number of hydrogen-bond acceptors (Lipinski definition) is 4. The molecule has 1 saturated heterocycles. The summed E-state index contributed by atoms with van der Waals surface area (Å²) in [4.78, 5) is 0. The second-order valence-electron chi connectivity index (χ2n) is 5.55. The second kappa shape index (κ2) is 8.90. The molecule has 0 aromatic heterocycles. The Balaban J connectivity index is 1.59. The summed E-state index contributed by atoms with van der Waals surface area (Å²) >= 11 is 0. The molecular formula is C17H27NO3. The highest BCUT2D eigenvalue weighted by molar-refractivity contribution is 5.42. The van der Waals surface area contributed by atoms with Gasteiger partial charge in [-0.15, -0.1) is 0 Å². The van der Waals surface area contributed by atoms with Gasteiger partial charge in [-0.05, 0) is 50.4 Å². The van der Waals surface area contributed by atoms with E-state index in [2.05, 4.69) is 5.32 Å². The number of benzene rings is 1. The molecule has 21 heavy (non-hydrogen) atoms. The minimum Gasteiger partial charge on any atom is -0.493 e. The van der Waals surface area contributed by atoms with Crippen LogP contribution in [0.3, 0.4) is 0 Å². The van der Waals surface area contributed by atoms with Gasteiger partial charge in [-0.2, -0.15) is 0 Å². The lowest BCUT2D eigenvalue weighted by Gasteiger charge is -2.23. The van der Waals surface area contributed by atoms with Crippen molar-refractivity contribution in [2.75, 3.05) is 33.5 Å². The zero-order valence-corrected chi connectivity index (χ0v) is 13.2. The van der Waals surface area contributed by atoms with Crippen molar-refractivity contribution >= 4 is 0 Å². The molecule has 4 heteroatoms. The number of aryl methyl sites for hydroxylation is 1. The predicted molar refractivity (Wildman–Crippen MR) is 84.3 cm³/mol. The lowest BCUT2D eigenvalue weighted by molar-refractivity contribution is 0.0902. The van der Waals surface area contributed by atoms with Gasteiger partial charge in [-0.3, -0.25) is 0 Å². The lowest BCUT2D eigenvalue weighted by Crippen LogP contribution is -2.34. The molecule has 1 heterocycles. The topological polar surface area (TPSA) is 39.7 Å². The molecule has 0 bridgehead atoms. The van der Waals surface area contributed by atoms with E-state index < -0.39 is 0 Å². The van der Waals surface area contributed by atoms with E-state index in [9.17, 15) is 0 Å². The van der Waals surface area contributed by atoms with Crippen molar-refractivity contribution < 1.29 is 14.2 Å². The summed E-state index contributed by atoms with van der Waals surface area (Å²) < 4.78 is 16.7. The van der Waals surface area contributed by atoms with Gasteiger partial charge in [0.05, 0.1) is 13.7 Å². The maximum Gasteiger partial charge on any atom is 0.161 e. The van der Waals surface area contributed by atoms with Crippen molar-refractivity contribution in [3.63, 3.8) is 0 Å². The molecule has 1 aromatic rings. The van der Waals surface area contributed by atoms with Crippen LogP contribution in [-0.4, -0.2) is 39.5 Å². The van der Waals surface area contributed by atoms with Crippen molar-refractivity contribution in [1.82, 2.24) is 5.32 Å². The third kappa shape index (κ3) is 5.56. The van der Waals surface area contributed by atoms with Crippen LogP contribution in [0.2, 0.25) is 0 Å². The molecule has 0 spiro atoms. The Bertz CT molecular complexity index is 416. The Morgan fingerprint density at radius 2 is 2.05 bits per heavy atom. The smallest absolute Gasteiger partial charge is 0.161 e. The minimum atomic E-state index is 0.553. The van der Waals surface area contributed by atoms with Crippen molar-refractivity contribution in [2.24, 2.45) is 0 Å². The Kier molecular flexibility index (Phi) is 6.83. The van der Waals surface area contributed by atoms with E-state index in [1.807, 2.05) is 25.1 Å². The molecule has 118 valence electrons. The summed E-state index contributed by atoms with van der Waals surface area (Å²) in [6.45, 7) is 5.16.